The lowest BCUT2D eigenvalue weighted by Gasteiger charge is -2.08. The molecular formula is C11H10Cl2N4. The quantitative estimate of drug-likeness (QED) is 0.841. The van der Waals surface area contributed by atoms with E-state index in [4.69, 9.17) is 28.9 Å². The maximum absolute atomic E-state index is 5.88. The van der Waals surface area contributed by atoms with Gasteiger partial charge < -0.3 is 11.1 Å². The summed E-state index contributed by atoms with van der Waals surface area (Å²) in [7, 11) is 0. The fourth-order valence-electron chi connectivity index (χ4n) is 1.35. The number of benzene rings is 1. The summed E-state index contributed by atoms with van der Waals surface area (Å²) < 4.78 is 0. The van der Waals surface area contributed by atoms with Crippen LogP contribution >= 0.6 is 23.2 Å². The summed E-state index contributed by atoms with van der Waals surface area (Å²) in [4.78, 5) is 7.79. The monoisotopic (exact) mass is 268 g/mol. The van der Waals surface area contributed by atoms with E-state index in [2.05, 4.69) is 15.3 Å². The Labute approximate surface area is 109 Å². The molecule has 1 aromatic carbocycles. The van der Waals surface area contributed by atoms with Gasteiger partial charge in [0.2, 0.25) is 0 Å². The number of nitrogen functional groups attached to an aromatic ring is 1. The lowest BCUT2D eigenvalue weighted by atomic mass is 10.2. The van der Waals surface area contributed by atoms with Gasteiger partial charge >= 0.3 is 0 Å². The molecule has 0 spiro atoms. The molecule has 0 radical (unpaired) electrons. The normalized spacial score (nSPS) is 10.2. The predicted octanol–water partition coefficient (Wildman–Crippen LogP) is 2.98. The highest BCUT2D eigenvalue weighted by Crippen LogP contribution is 2.22. The van der Waals surface area contributed by atoms with Crippen molar-refractivity contribution < 1.29 is 0 Å². The molecular weight excluding hydrogens is 259 g/mol. The molecule has 2 rings (SSSR count). The number of nitrogens with zero attached hydrogens (tertiary/aromatic N) is 2. The first kappa shape index (κ1) is 12.0. The van der Waals surface area contributed by atoms with E-state index >= 15 is 0 Å². The SMILES string of the molecule is Nc1c(Cl)ncnc1NCc1cccc(Cl)c1. The summed E-state index contributed by atoms with van der Waals surface area (Å²) in [5.74, 6) is 0.518. The number of rotatable bonds is 3. The van der Waals surface area contributed by atoms with Crippen molar-refractivity contribution in [2.75, 3.05) is 11.1 Å². The highest BCUT2D eigenvalue weighted by atomic mass is 35.5. The number of anilines is 2. The molecule has 0 aliphatic heterocycles. The first-order valence-corrected chi connectivity index (χ1v) is 5.66. The van der Waals surface area contributed by atoms with Crippen LogP contribution in [0.25, 0.3) is 0 Å². The molecule has 4 nitrogen and oxygen atoms in total. The maximum atomic E-state index is 5.88. The molecule has 0 saturated heterocycles. The second-order valence-corrected chi connectivity index (χ2v) is 4.20. The fraction of sp³-hybridized carbons (Fsp3) is 0.0909. The van der Waals surface area contributed by atoms with Gasteiger partial charge in [-0.1, -0.05) is 35.3 Å². The topological polar surface area (TPSA) is 63.8 Å². The third kappa shape index (κ3) is 2.99. The van der Waals surface area contributed by atoms with Gasteiger partial charge in [0.05, 0.1) is 0 Å². The fourth-order valence-corrected chi connectivity index (χ4v) is 1.69. The van der Waals surface area contributed by atoms with Gasteiger partial charge in [-0.3, -0.25) is 0 Å². The molecule has 0 aliphatic rings. The molecule has 0 saturated carbocycles. The first-order valence-electron chi connectivity index (χ1n) is 4.91. The molecule has 0 atom stereocenters. The standard InChI is InChI=1S/C11H10Cl2N4/c12-8-3-1-2-7(4-8)5-15-11-9(14)10(13)16-6-17-11/h1-4,6H,5,14H2,(H,15,16,17). The van der Waals surface area contributed by atoms with Crippen molar-refractivity contribution in [1.82, 2.24) is 9.97 Å². The van der Waals surface area contributed by atoms with Crippen LogP contribution in [-0.4, -0.2) is 9.97 Å². The molecule has 0 aliphatic carbocycles. The van der Waals surface area contributed by atoms with Crippen LogP contribution in [0.3, 0.4) is 0 Å². The van der Waals surface area contributed by atoms with Crippen LogP contribution in [0.2, 0.25) is 10.2 Å². The van der Waals surface area contributed by atoms with E-state index in [-0.39, 0.29) is 5.15 Å². The van der Waals surface area contributed by atoms with Crippen LogP contribution in [0.1, 0.15) is 5.56 Å². The molecule has 0 amide bonds. The van der Waals surface area contributed by atoms with Gasteiger partial charge in [0.1, 0.15) is 12.0 Å². The lowest BCUT2D eigenvalue weighted by Crippen LogP contribution is -2.05. The molecule has 0 unspecified atom stereocenters. The van der Waals surface area contributed by atoms with Crippen molar-refractivity contribution in [3.8, 4) is 0 Å². The molecule has 88 valence electrons. The van der Waals surface area contributed by atoms with Gasteiger partial charge in [-0.25, -0.2) is 9.97 Å². The molecule has 1 aromatic heterocycles. The van der Waals surface area contributed by atoms with E-state index in [1.807, 2.05) is 24.3 Å². The Morgan fingerprint density at radius 2 is 2.06 bits per heavy atom. The Hall–Kier alpha value is -1.52. The number of aromatic nitrogens is 2. The minimum Gasteiger partial charge on any atom is -0.393 e. The van der Waals surface area contributed by atoms with Crippen molar-refractivity contribution in [2.45, 2.75) is 6.54 Å². The van der Waals surface area contributed by atoms with Crippen LogP contribution in [-0.2, 0) is 6.54 Å². The number of hydrogen-bond donors (Lipinski definition) is 2. The van der Waals surface area contributed by atoms with E-state index in [1.54, 1.807) is 0 Å². The average Bonchev–Trinajstić information content (AvgIpc) is 2.31. The Morgan fingerprint density at radius 1 is 1.24 bits per heavy atom. The number of hydrogen-bond acceptors (Lipinski definition) is 4. The van der Waals surface area contributed by atoms with E-state index in [0.717, 1.165) is 5.56 Å². The minimum absolute atomic E-state index is 0.244. The van der Waals surface area contributed by atoms with Crippen LogP contribution in [0.4, 0.5) is 11.5 Å². The second-order valence-electron chi connectivity index (χ2n) is 3.41. The Bertz CT molecular complexity index is 531. The highest BCUT2D eigenvalue weighted by Gasteiger charge is 2.05. The van der Waals surface area contributed by atoms with Gasteiger partial charge in [-0.05, 0) is 17.7 Å². The van der Waals surface area contributed by atoms with Gasteiger partial charge in [0.25, 0.3) is 0 Å². The van der Waals surface area contributed by atoms with Crippen LogP contribution in [0, 0.1) is 0 Å². The zero-order valence-corrected chi connectivity index (χ0v) is 10.3. The van der Waals surface area contributed by atoms with Gasteiger partial charge in [-0.2, -0.15) is 0 Å². The van der Waals surface area contributed by atoms with Crippen molar-refractivity contribution in [3.63, 3.8) is 0 Å². The van der Waals surface area contributed by atoms with Crippen LogP contribution < -0.4 is 11.1 Å². The van der Waals surface area contributed by atoms with Crippen molar-refractivity contribution in [2.24, 2.45) is 0 Å². The Kier molecular flexibility index (Phi) is 3.66. The maximum Gasteiger partial charge on any atom is 0.157 e. The van der Waals surface area contributed by atoms with Gasteiger partial charge in [-0.15, -0.1) is 0 Å². The van der Waals surface area contributed by atoms with Crippen molar-refractivity contribution in [1.29, 1.82) is 0 Å². The molecule has 2 aromatic rings. The Morgan fingerprint density at radius 3 is 2.82 bits per heavy atom. The van der Waals surface area contributed by atoms with Gasteiger partial charge in [0, 0.05) is 11.6 Å². The third-order valence-electron chi connectivity index (χ3n) is 2.18. The Balaban J connectivity index is 2.10. The number of nitrogens with two attached hydrogens (primary N) is 1. The smallest absolute Gasteiger partial charge is 0.157 e. The largest absolute Gasteiger partial charge is 0.393 e. The molecule has 17 heavy (non-hydrogen) atoms. The highest BCUT2D eigenvalue weighted by molar-refractivity contribution is 6.32. The first-order chi connectivity index (χ1) is 8.16. The zero-order valence-electron chi connectivity index (χ0n) is 8.82. The third-order valence-corrected chi connectivity index (χ3v) is 2.72. The number of halogens is 2. The summed E-state index contributed by atoms with van der Waals surface area (Å²) in [6.45, 7) is 0.568. The molecule has 0 fully saturated rings. The van der Waals surface area contributed by atoms with E-state index in [1.165, 1.54) is 6.33 Å². The van der Waals surface area contributed by atoms with Crippen LogP contribution in [0.5, 0.6) is 0 Å². The predicted molar refractivity (Wildman–Crippen MR) is 70.2 cm³/mol. The van der Waals surface area contributed by atoms with E-state index < -0.39 is 0 Å². The van der Waals surface area contributed by atoms with Crippen LogP contribution in [0.15, 0.2) is 30.6 Å². The average molecular weight is 269 g/mol. The zero-order chi connectivity index (χ0) is 12.3. The summed E-state index contributed by atoms with van der Waals surface area (Å²) >= 11 is 11.7. The molecule has 0 bridgehead atoms. The summed E-state index contributed by atoms with van der Waals surface area (Å²) in [5, 5.41) is 4.01. The van der Waals surface area contributed by atoms with Crippen molar-refractivity contribution >= 4 is 34.7 Å². The summed E-state index contributed by atoms with van der Waals surface area (Å²) in [5.41, 5.74) is 7.11. The number of nitrogens with one attached hydrogen (secondary N) is 1. The summed E-state index contributed by atoms with van der Waals surface area (Å²) in [6, 6.07) is 7.53. The molecule has 6 heteroatoms. The summed E-state index contributed by atoms with van der Waals surface area (Å²) in [6.07, 6.45) is 1.36. The van der Waals surface area contributed by atoms with Gasteiger partial charge in [0.15, 0.2) is 11.0 Å². The lowest BCUT2D eigenvalue weighted by molar-refractivity contribution is 1.08. The van der Waals surface area contributed by atoms with E-state index in [9.17, 15) is 0 Å². The van der Waals surface area contributed by atoms with E-state index in [0.29, 0.717) is 23.1 Å². The van der Waals surface area contributed by atoms with Crippen molar-refractivity contribution in [3.05, 3.63) is 46.3 Å². The second kappa shape index (κ2) is 5.21. The minimum atomic E-state index is 0.244. The molecule has 1 heterocycles. The molecule has 3 N–H and O–H groups in total.